The van der Waals surface area contributed by atoms with Crippen LogP contribution in [0.1, 0.15) is 6.92 Å². The summed E-state index contributed by atoms with van der Waals surface area (Å²) < 4.78 is 0. The lowest BCUT2D eigenvalue weighted by Crippen LogP contribution is -2.41. The highest BCUT2D eigenvalue weighted by Gasteiger charge is 2.39. The quantitative estimate of drug-likeness (QED) is 0.355. The Morgan fingerprint density at radius 3 is 2.17 bits per heavy atom. The maximum atomic E-state index is 10.9. The van der Waals surface area contributed by atoms with Gasteiger partial charge in [-0.2, -0.15) is 0 Å². The topological polar surface area (TPSA) is 91.7 Å². The van der Waals surface area contributed by atoms with Crippen molar-refractivity contribution in [3.63, 3.8) is 0 Å². The largest absolute Gasteiger partial charge is 0.504 e. The Morgan fingerprint density at radius 2 is 1.67 bits per heavy atom. The molecular formula is C7H6O5. The van der Waals surface area contributed by atoms with Crippen LogP contribution in [0.2, 0.25) is 0 Å². The first-order valence-corrected chi connectivity index (χ1v) is 3.17. The van der Waals surface area contributed by atoms with E-state index in [1.54, 1.807) is 0 Å². The Labute approximate surface area is 67.3 Å². The molecule has 0 radical (unpaired) electrons. The number of ketones is 3. The Bertz CT molecular complexity index is 312. The second-order valence-electron chi connectivity index (χ2n) is 2.43. The molecule has 1 rings (SSSR count). The Balaban J connectivity index is 3.27. The summed E-state index contributed by atoms with van der Waals surface area (Å²) in [5.74, 6) is -4.27. The molecule has 1 aliphatic rings. The Kier molecular flexibility index (Phi) is 1.81. The van der Waals surface area contributed by atoms with E-state index in [-0.39, 0.29) is 5.57 Å². The highest BCUT2D eigenvalue weighted by Crippen LogP contribution is 2.14. The lowest BCUT2D eigenvalue weighted by Gasteiger charge is -2.14. The van der Waals surface area contributed by atoms with Crippen LogP contribution in [0.15, 0.2) is 11.3 Å². The number of hydrogen-bond acceptors (Lipinski definition) is 5. The molecule has 0 bridgehead atoms. The van der Waals surface area contributed by atoms with Crippen molar-refractivity contribution in [3.05, 3.63) is 11.3 Å². The lowest BCUT2D eigenvalue weighted by atomic mass is 9.93. The third-order valence-electron chi connectivity index (χ3n) is 1.66. The van der Waals surface area contributed by atoms with E-state index >= 15 is 0 Å². The molecule has 0 aliphatic heterocycles. The summed E-state index contributed by atoms with van der Waals surface area (Å²) >= 11 is 0. The second-order valence-corrected chi connectivity index (χ2v) is 2.43. The molecule has 0 fully saturated rings. The van der Waals surface area contributed by atoms with E-state index in [2.05, 4.69) is 0 Å². The van der Waals surface area contributed by atoms with Gasteiger partial charge in [-0.1, -0.05) is 0 Å². The SMILES string of the molecule is CC1=C(O)C(=O)C(=O)C(O)C1=O. The predicted molar refractivity (Wildman–Crippen MR) is 36.4 cm³/mol. The molecule has 0 amide bonds. The normalized spacial score (nSPS) is 25.2. The van der Waals surface area contributed by atoms with E-state index in [1.807, 2.05) is 0 Å². The fourth-order valence-electron chi connectivity index (χ4n) is 0.852. The van der Waals surface area contributed by atoms with Gasteiger partial charge in [0, 0.05) is 5.57 Å². The highest BCUT2D eigenvalue weighted by molar-refractivity contribution is 6.51. The zero-order valence-electron chi connectivity index (χ0n) is 6.20. The number of allylic oxidation sites excluding steroid dienone is 1. The van der Waals surface area contributed by atoms with Crippen molar-refractivity contribution in [1.82, 2.24) is 0 Å². The number of aliphatic hydroxyl groups excluding tert-OH is 2. The van der Waals surface area contributed by atoms with Crippen molar-refractivity contribution in [2.75, 3.05) is 0 Å². The first kappa shape index (κ1) is 8.61. The van der Waals surface area contributed by atoms with Gasteiger partial charge in [0.15, 0.2) is 17.6 Å². The maximum Gasteiger partial charge on any atom is 0.266 e. The van der Waals surface area contributed by atoms with Gasteiger partial charge in [0.05, 0.1) is 0 Å². The molecular weight excluding hydrogens is 164 g/mol. The summed E-state index contributed by atoms with van der Waals surface area (Å²) in [4.78, 5) is 32.2. The van der Waals surface area contributed by atoms with E-state index in [1.165, 1.54) is 6.92 Å². The van der Waals surface area contributed by atoms with E-state index in [0.29, 0.717) is 0 Å². The maximum absolute atomic E-state index is 10.9. The van der Waals surface area contributed by atoms with Crippen LogP contribution in [0.25, 0.3) is 0 Å². The number of carbonyl (C=O) groups excluding carboxylic acids is 3. The molecule has 0 aromatic carbocycles. The Hall–Kier alpha value is -1.49. The molecule has 1 aliphatic carbocycles. The van der Waals surface area contributed by atoms with Crippen LogP contribution in [-0.2, 0) is 14.4 Å². The average Bonchev–Trinajstić information content (AvgIpc) is 2.08. The van der Waals surface area contributed by atoms with Crippen molar-refractivity contribution in [2.45, 2.75) is 13.0 Å². The lowest BCUT2D eigenvalue weighted by molar-refractivity contribution is -0.146. The highest BCUT2D eigenvalue weighted by atomic mass is 16.3. The molecule has 12 heavy (non-hydrogen) atoms. The standard InChI is InChI=1S/C7H6O5/c1-2-3(8)5(10)7(12)6(11)4(2)9/h5,9-10H,1H3. The minimum Gasteiger partial charge on any atom is -0.504 e. The van der Waals surface area contributed by atoms with Gasteiger partial charge in [-0.3, -0.25) is 14.4 Å². The average molecular weight is 170 g/mol. The van der Waals surface area contributed by atoms with Crippen LogP contribution in [0, 0.1) is 0 Å². The van der Waals surface area contributed by atoms with Gasteiger partial charge in [0.25, 0.3) is 5.78 Å². The first-order chi connectivity index (χ1) is 5.46. The molecule has 64 valence electrons. The van der Waals surface area contributed by atoms with Crippen LogP contribution in [-0.4, -0.2) is 33.7 Å². The fraction of sp³-hybridized carbons (Fsp3) is 0.286. The van der Waals surface area contributed by atoms with Gasteiger partial charge in [-0.15, -0.1) is 0 Å². The molecule has 0 spiro atoms. The van der Waals surface area contributed by atoms with Crippen LogP contribution in [0.3, 0.4) is 0 Å². The van der Waals surface area contributed by atoms with E-state index in [4.69, 9.17) is 10.2 Å². The summed E-state index contributed by atoms with van der Waals surface area (Å²) in [6, 6.07) is 0. The van der Waals surface area contributed by atoms with Gasteiger partial charge in [0.1, 0.15) is 0 Å². The predicted octanol–water partition coefficient (Wildman–Crippen LogP) is -1.10. The van der Waals surface area contributed by atoms with Gasteiger partial charge in [0.2, 0.25) is 5.78 Å². The van der Waals surface area contributed by atoms with Crippen LogP contribution in [0.4, 0.5) is 0 Å². The van der Waals surface area contributed by atoms with Crippen molar-refractivity contribution < 1.29 is 24.6 Å². The minimum absolute atomic E-state index is 0.271. The van der Waals surface area contributed by atoms with Gasteiger partial charge >= 0.3 is 0 Å². The Morgan fingerprint density at radius 1 is 1.17 bits per heavy atom. The van der Waals surface area contributed by atoms with Crippen molar-refractivity contribution in [1.29, 1.82) is 0 Å². The number of hydrogen-bond donors (Lipinski definition) is 2. The second kappa shape index (κ2) is 2.53. The zero-order valence-corrected chi connectivity index (χ0v) is 6.20. The molecule has 1 atom stereocenters. The van der Waals surface area contributed by atoms with E-state index < -0.39 is 29.2 Å². The van der Waals surface area contributed by atoms with Gasteiger partial charge in [-0.05, 0) is 6.92 Å². The minimum atomic E-state index is -1.94. The summed E-state index contributed by atoms with van der Waals surface area (Å²) in [5, 5.41) is 17.7. The van der Waals surface area contributed by atoms with Crippen molar-refractivity contribution in [2.24, 2.45) is 0 Å². The third kappa shape index (κ3) is 0.947. The van der Waals surface area contributed by atoms with Crippen molar-refractivity contribution in [3.8, 4) is 0 Å². The molecule has 0 heterocycles. The molecule has 0 saturated carbocycles. The number of rotatable bonds is 0. The van der Waals surface area contributed by atoms with Gasteiger partial charge in [-0.25, -0.2) is 0 Å². The van der Waals surface area contributed by atoms with Gasteiger partial charge < -0.3 is 10.2 Å². The summed E-state index contributed by atoms with van der Waals surface area (Å²) in [6.45, 7) is 1.17. The molecule has 1 unspecified atom stereocenters. The van der Waals surface area contributed by atoms with E-state index in [9.17, 15) is 14.4 Å². The van der Waals surface area contributed by atoms with Crippen LogP contribution < -0.4 is 0 Å². The molecule has 0 aromatic rings. The molecule has 0 aromatic heterocycles. The molecule has 2 N–H and O–H groups in total. The monoisotopic (exact) mass is 170 g/mol. The zero-order chi connectivity index (χ0) is 9.46. The number of carbonyl (C=O) groups is 3. The summed E-state index contributed by atoms with van der Waals surface area (Å²) in [7, 11) is 0. The van der Waals surface area contributed by atoms with Crippen LogP contribution >= 0.6 is 0 Å². The number of Topliss-reactive ketones (excluding diaryl/α,β-unsaturated/α-hetero) is 3. The van der Waals surface area contributed by atoms with Crippen LogP contribution in [0.5, 0.6) is 0 Å². The van der Waals surface area contributed by atoms with Crippen molar-refractivity contribution >= 4 is 17.3 Å². The third-order valence-corrected chi connectivity index (χ3v) is 1.66. The smallest absolute Gasteiger partial charge is 0.266 e. The fourth-order valence-corrected chi connectivity index (χ4v) is 0.852. The summed E-state index contributed by atoms with van der Waals surface area (Å²) in [6.07, 6.45) is -1.94. The number of aliphatic hydroxyl groups is 2. The van der Waals surface area contributed by atoms with E-state index in [0.717, 1.165) is 0 Å². The molecule has 0 saturated heterocycles. The summed E-state index contributed by atoms with van der Waals surface area (Å²) in [5.41, 5.74) is -0.271. The first-order valence-electron chi connectivity index (χ1n) is 3.17. The molecule has 5 heteroatoms. The molecule has 5 nitrogen and oxygen atoms in total.